The molecule has 1 fully saturated rings. The number of nitrogens with zero attached hydrogens (tertiary/aromatic N) is 1. The van der Waals surface area contributed by atoms with Crippen LogP contribution in [0.5, 0.6) is 0 Å². The van der Waals surface area contributed by atoms with Gasteiger partial charge in [0, 0.05) is 6.04 Å². The summed E-state index contributed by atoms with van der Waals surface area (Å²) >= 11 is 0. The minimum atomic E-state index is -0.758. The molecule has 1 heterocycles. The Kier molecular flexibility index (Phi) is 4.33. The van der Waals surface area contributed by atoms with Gasteiger partial charge in [0.05, 0.1) is 6.42 Å². The second kappa shape index (κ2) is 5.31. The van der Waals surface area contributed by atoms with E-state index >= 15 is 0 Å². The molecule has 15 heavy (non-hydrogen) atoms. The molecule has 0 saturated carbocycles. The summed E-state index contributed by atoms with van der Waals surface area (Å²) < 4.78 is 0. The van der Waals surface area contributed by atoms with Gasteiger partial charge in [-0.05, 0) is 45.7 Å². The molecule has 1 aliphatic heterocycles. The monoisotopic (exact) mass is 211 g/mol. The van der Waals surface area contributed by atoms with Crippen LogP contribution in [0, 0.1) is 5.92 Å². The van der Waals surface area contributed by atoms with Crippen molar-refractivity contribution in [3.63, 3.8) is 0 Å². The first-order valence-corrected chi connectivity index (χ1v) is 5.64. The fourth-order valence-corrected chi connectivity index (χ4v) is 2.16. The molecule has 3 nitrogen and oxygen atoms in total. The van der Waals surface area contributed by atoms with Gasteiger partial charge in [-0.2, -0.15) is 0 Å². The van der Waals surface area contributed by atoms with Crippen LogP contribution in [-0.4, -0.2) is 35.1 Å². The second-order valence-corrected chi connectivity index (χ2v) is 4.63. The summed E-state index contributed by atoms with van der Waals surface area (Å²) in [6.45, 7) is 10.4. The van der Waals surface area contributed by atoms with Gasteiger partial charge in [-0.15, -0.1) is 0 Å². The first-order valence-electron chi connectivity index (χ1n) is 5.64. The topological polar surface area (TPSA) is 40.5 Å². The van der Waals surface area contributed by atoms with Gasteiger partial charge in [0.15, 0.2) is 0 Å². The number of carboxylic acid groups (broad SMARTS) is 1. The van der Waals surface area contributed by atoms with Crippen LogP contribution in [0.1, 0.15) is 33.1 Å². The number of hydrogen-bond acceptors (Lipinski definition) is 2. The average Bonchev–Trinajstić information content (AvgIpc) is 2.17. The predicted molar refractivity (Wildman–Crippen MR) is 60.8 cm³/mol. The van der Waals surface area contributed by atoms with Gasteiger partial charge in [0.2, 0.25) is 0 Å². The Morgan fingerprint density at radius 3 is 2.40 bits per heavy atom. The Labute approximate surface area is 91.8 Å². The smallest absolute Gasteiger partial charge is 0.307 e. The first kappa shape index (κ1) is 12.2. The van der Waals surface area contributed by atoms with Gasteiger partial charge in [-0.3, -0.25) is 4.79 Å². The third-order valence-electron chi connectivity index (χ3n) is 3.22. The maximum absolute atomic E-state index is 10.6. The van der Waals surface area contributed by atoms with Gasteiger partial charge < -0.3 is 10.0 Å². The highest BCUT2D eigenvalue weighted by Gasteiger charge is 2.23. The van der Waals surface area contributed by atoms with E-state index in [1.165, 1.54) is 0 Å². The van der Waals surface area contributed by atoms with Crippen LogP contribution < -0.4 is 0 Å². The summed E-state index contributed by atoms with van der Waals surface area (Å²) in [5.41, 5.74) is 0.894. The highest BCUT2D eigenvalue weighted by molar-refractivity contribution is 5.69. The van der Waals surface area contributed by atoms with E-state index in [1.54, 1.807) is 0 Å². The molecule has 0 spiro atoms. The third-order valence-corrected chi connectivity index (χ3v) is 3.22. The Hall–Kier alpha value is -0.830. The molecule has 0 radical (unpaired) electrons. The number of piperidine rings is 1. The van der Waals surface area contributed by atoms with Gasteiger partial charge >= 0.3 is 5.97 Å². The van der Waals surface area contributed by atoms with Crippen molar-refractivity contribution in [3.05, 3.63) is 12.2 Å². The molecule has 86 valence electrons. The van der Waals surface area contributed by atoms with E-state index in [1.807, 2.05) is 0 Å². The number of hydrogen-bond donors (Lipinski definition) is 1. The molecule has 0 amide bonds. The van der Waals surface area contributed by atoms with Crippen molar-refractivity contribution in [2.45, 2.75) is 39.2 Å². The van der Waals surface area contributed by atoms with E-state index in [0.29, 0.717) is 12.0 Å². The van der Waals surface area contributed by atoms with E-state index in [-0.39, 0.29) is 6.42 Å². The molecule has 0 atom stereocenters. The summed E-state index contributed by atoms with van der Waals surface area (Å²) in [4.78, 5) is 13.0. The highest BCUT2D eigenvalue weighted by Crippen LogP contribution is 2.26. The summed E-state index contributed by atoms with van der Waals surface area (Å²) in [6.07, 6.45) is 2.25. The Bertz CT molecular complexity index is 240. The fourth-order valence-electron chi connectivity index (χ4n) is 2.16. The van der Waals surface area contributed by atoms with Crippen molar-refractivity contribution >= 4 is 5.97 Å². The molecule has 0 aliphatic carbocycles. The van der Waals surface area contributed by atoms with Crippen LogP contribution in [0.25, 0.3) is 0 Å². The van der Waals surface area contributed by atoms with Crippen LogP contribution >= 0.6 is 0 Å². The van der Waals surface area contributed by atoms with Crippen LogP contribution in [0.15, 0.2) is 12.2 Å². The highest BCUT2D eigenvalue weighted by atomic mass is 16.4. The standard InChI is InChI=1S/C12H21NO2/c1-9(2)13-6-4-11(5-7-13)10(3)8-12(14)15/h9,11H,3-8H2,1-2H3,(H,14,15). The van der Waals surface area contributed by atoms with Crippen molar-refractivity contribution in [2.24, 2.45) is 5.92 Å². The molecule has 0 aromatic rings. The van der Waals surface area contributed by atoms with Gasteiger partial charge in [0.25, 0.3) is 0 Å². The van der Waals surface area contributed by atoms with E-state index in [9.17, 15) is 4.79 Å². The maximum atomic E-state index is 10.6. The summed E-state index contributed by atoms with van der Waals surface area (Å²) in [7, 11) is 0. The van der Waals surface area contributed by atoms with Gasteiger partial charge in [-0.1, -0.05) is 12.2 Å². The van der Waals surface area contributed by atoms with Crippen molar-refractivity contribution in [2.75, 3.05) is 13.1 Å². The zero-order valence-corrected chi connectivity index (χ0v) is 9.70. The predicted octanol–water partition coefficient (Wildman–Crippen LogP) is 2.14. The lowest BCUT2D eigenvalue weighted by Crippen LogP contribution is -2.38. The van der Waals surface area contributed by atoms with Gasteiger partial charge in [-0.25, -0.2) is 0 Å². The van der Waals surface area contributed by atoms with E-state index < -0.39 is 5.97 Å². The van der Waals surface area contributed by atoms with Crippen molar-refractivity contribution in [3.8, 4) is 0 Å². The average molecular weight is 211 g/mol. The molecule has 0 aromatic carbocycles. The third kappa shape index (κ3) is 3.67. The number of carbonyl (C=O) groups is 1. The molecular formula is C12H21NO2. The van der Waals surface area contributed by atoms with Crippen molar-refractivity contribution in [1.82, 2.24) is 4.90 Å². The molecule has 0 unspecified atom stereocenters. The Morgan fingerprint density at radius 1 is 1.47 bits per heavy atom. The summed E-state index contributed by atoms with van der Waals surface area (Å²) in [6, 6.07) is 0.596. The minimum absolute atomic E-state index is 0.131. The number of carboxylic acids is 1. The quantitative estimate of drug-likeness (QED) is 0.724. The molecule has 0 bridgehead atoms. The Balaban J connectivity index is 2.37. The van der Waals surface area contributed by atoms with Crippen molar-refractivity contribution in [1.29, 1.82) is 0 Å². The zero-order valence-electron chi connectivity index (χ0n) is 9.70. The number of aliphatic carboxylic acids is 1. The minimum Gasteiger partial charge on any atom is -0.481 e. The van der Waals surface area contributed by atoms with Crippen LogP contribution in [-0.2, 0) is 4.79 Å². The normalized spacial score (nSPS) is 19.4. The lowest BCUT2D eigenvalue weighted by atomic mass is 9.88. The van der Waals surface area contributed by atoms with E-state index in [2.05, 4.69) is 25.3 Å². The van der Waals surface area contributed by atoms with Crippen molar-refractivity contribution < 1.29 is 9.90 Å². The maximum Gasteiger partial charge on any atom is 0.307 e. The molecule has 1 rings (SSSR count). The molecule has 0 aromatic heterocycles. The lowest BCUT2D eigenvalue weighted by molar-refractivity contribution is -0.136. The SMILES string of the molecule is C=C(CC(=O)O)C1CCN(C(C)C)CC1. The molecule has 1 N–H and O–H groups in total. The van der Waals surface area contributed by atoms with Gasteiger partial charge in [0.1, 0.15) is 0 Å². The van der Waals surface area contributed by atoms with Crippen LogP contribution in [0.2, 0.25) is 0 Å². The first-order chi connectivity index (χ1) is 7.00. The largest absolute Gasteiger partial charge is 0.481 e. The van der Waals surface area contributed by atoms with E-state index in [0.717, 1.165) is 31.5 Å². The van der Waals surface area contributed by atoms with Crippen LogP contribution in [0.4, 0.5) is 0 Å². The lowest BCUT2D eigenvalue weighted by Gasteiger charge is -2.35. The Morgan fingerprint density at radius 2 is 2.00 bits per heavy atom. The fraction of sp³-hybridized carbons (Fsp3) is 0.750. The molecule has 1 aliphatic rings. The zero-order chi connectivity index (χ0) is 11.4. The molecule has 1 saturated heterocycles. The van der Waals surface area contributed by atoms with Crippen LogP contribution in [0.3, 0.4) is 0 Å². The van der Waals surface area contributed by atoms with E-state index in [4.69, 9.17) is 5.11 Å². The summed E-state index contributed by atoms with van der Waals surface area (Å²) in [5.74, 6) is -0.345. The summed E-state index contributed by atoms with van der Waals surface area (Å²) in [5, 5.41) is 8.68. The number of likely N-dealkylation sites (tertiary alicyclic amines) is 1. The second-order valence-electron chi connectivity index (χ2n) is 4.63. The molecule has 3 heteroatoms. The molecular weight excluding hydrogens is 190 g/mol. The number of rotatable bonds is 4.